The summed E-state index contributed by atoms with van der Waals surface area (Å²) in [6.07, 6.45) is 0. The number of aryl methyl sites for hydroxylation is 2. The molecular formula is C18H17N3OS2. The maximum atomic E-state index is 12.3. The Bertz CT molecular complexity index is 861. The van der Waals surface area contributed by atoms with E-state index in [9.17, 15) is 4.79 Å². The van der Waals surface area contributed by atoms with E-state index in [1.54, 1.807) is 17.8 Å². The van der Waals surface area contributed by atoms with Gasteiger partial charge in [-0.2, -0.15) is 0 Å². The zero-order valence-electron chi connectivity index (χ0n) is 13.4. The third-order valence-electron chi connectivity index (χ3n) is 3.46. The molecule has 0 aliphatic heterocycles. The first-order valence-electron chi connectivity index (χ1n) is 7.50. The van der Waals surface area contributed by atoms with Gasteiger partial charge in [-0.1, -0.05) is 71.1 Å². The van der Waals surface area contributed by atoms with Crippen molar-refractivity contribution in [2.75, 3.05) is 5.32 Å². The van der Waals surface area contributed by atoms with Crippen molar-refractivity contribution in [3.05, 3.63) is 70.8 Å². The Morgan fingerprint density at radius 1 is 1.12 bits per heavy atom. The number of aromatic nitrogens is 2. The van der Waals surface area contributed by atoms with Gasteiger partial charge in [0.25, 0.3) is 5.91 Å². The third-order valence-corrected chi connectivity index (χ3v) is 5.50. The number of amides is 1. The molecule has 0 unspecified atom stereocenters. The summed E-state index contributed by atoms with van der Waals surface area (Å²) in [5.74, 6) is 0.682. The van der Waals surface area contributed by atoms with Crippen LogP contribution in [0.1, 0.15) is 27.0 Å². The van der Waals surface area contributed by atoms with Gasteiger partial charge in [0.15, 0.2) is 4.34 Å². The van der Waals surface area contributed by atoms with Crippen LogP contribution in [0.15, 0.2) is 52.9 Å². The Balaban J connectivity index is 1.61. The molecule has 6 heteroatoms. The van der Waals surface area contributed by atoms with E-state index in [0.29, 0.717) is 10.7 Å². The Kier molecular flexibility index (Phi) is 5.27. The molecule has 0 bridgehead atoms. The van der Waals surface area contributed by atoms with Crippen LogP contribution >= 0.6 is 23.1 Å². The Hall–Kier alpha value is -2.18. The summed E-state index contributed by atoms with van der Waals surface area (Å²) >= 11 is 3.02. The molecule has 0 spiro atoms. The minimum atomic E-state index is -0.153. The molecular weight excluding hydrogens is 338 g/mol. The van der Waals surface area contributed by atoms with E-state index >= 15 is 0 Å². The molecule has 2 aromatic carbocycles. The van der Waals surface area contributed by atoms with Gasteiger partial charge in [-0.3, -0.25) is 10.1 Å². The number of carbonyl (C=O) groups excluding carboxylic acids is 1. The highest BCUT2D eigenvalue weighted by molar-refractivity contribution is 8.00. The van der Waals surface area contributed by atoms with E-state index in [-0.39, 0.29) is 5.91 Å². The standard InChI is InChI=1S/C18H17N3OS2/c1-12-6-5-8-14(10-12)11-23-18-21-20-17(24-18)19-16(22)15-9-4-3-7-13(15)2/h3-10H,11H2,1-2H3,(H,19,20,22). The number of nitrogens with zero attached hydrogens (tertiary/aromatic N) is 2. The van der Waals surface area contributed by atoms with E-state index in [4.69, 9.17) is 0 Å². The van der Waals surface area contributed by atoms with Crippen molar-refractivity contribution in [2.24, 2.45) is 0 Å². The molecule has 1 heterocycles. The molecule has 0 atom stereocenters. The predicted molar refractivity (Wildman–Crippen MR) is 99.8 cm³/mol. The largest absolute Gasteiger partial charge is 0.296 e. The molecule has 3 rings (SSSR count). The molecule has 0 aliphatic carbocycles. The molecule has 1 N–H and O–H groups in total. The molecule has 0 saturated carbocycles. The van der Waals surface area contributed by atoms with Gasteiger partial charge in [0.05, 0.1) is 0 Å². The zero-order valence-corrected chi connectivity index (χ0v) is 15.1. The highest BCUT2D eigenvalue weighted by Crippen LogP contribution is 2.28. The van der Waals surface area contributed by atoms with Crippen LogP contribution in [-0.4, -0.2) is 16.1 Å². The van der Waals surface area contributed by atoms with Gasteiger partial charge >= 0.3 is 0 Å². The topological polar surface area (TPSA) is 54.9 Å². The van der Waals surface area contributed by atoms with Crippen molar-refractivity contribution in [1.29, 1.82) is 0 Å². The van der Waals surface area contributed by atoms with Crippen molar-refractivity contribution in [2.45, 2.75) is 23.9 Å². The van der Waals surface area contributed by atoms with Gasteiger partial charge in [0.1, 0.15) is 0 Å². The van der Waals surface area contributed by atoms with Gasteiger partial charge < -0.3 is 0 Å². The molecule has 0 aliphatic rings. The maximum absolute atomic E-state index is 12.3. The summed E-state index contributed by atoms with van der Waals surface area (Å²) in [5.41, 5.74) is 4.09. The van der Waals surface area contributed by atoms with E-state index in [2.05, 4.69) is 46.7 Å². The van der Waals surface area contributed by atoms with Crippen molar-refractivity contribution in [3.63, 3.8) is 0 Å². The molecule has 1 aromatic heterocycles. The lowest BCUT2D eigenvalue weighted by molar-refractivity contribution is 0.102. The molecule has 4 nitrogen and oxygen atoms in total. The molecule has 0 saturated heterocycles. The Morgan fingerprint density at radius 2 is 1.96 bits per heavy atom. The Morgan fingerprint density at radius 3 is 2.75 bits per heavy atom. The van der Waals surface area contributed by atoms with E-state index in [1.165, 1.54) is 22.5 Å². The number of nitrogens with one attached hydrogen (secondary N) is 1. The average Bonchev–Trinajstić information content (AvgIpc) is 3.01. The zero-order chi connectivity index (χ0) is 16.9. The Labute approximate surface area is 149 Å². The van der Waals surface area contributed by atoms with Gasteiger partial charge in [-0.05, 0) is 31.0 Å². The van der Waals surface area contributed by atoms with Gasteiger partial charge in [-0.25, -0.2) is 0 Å². The van der Waals surface area contributed by atoms with Crippen molar-refractivity contribution < 1.29 is 4.79 Å². The van der Waals surface area contributed by atoms with Crippen LogP contribution < -0.4 is 5.32 Å². The lowest BCUT2D eigenvalue weighted by atomic mass is 10.1. The number of hydrogen-bond donors (Lipinski definition) is 1. The van der Waals surface area contributed by atoms with Crippen molar-refractivity contribution in [3.8, 4) is 0 Å². The van der Waals surface area contributed by atoms with Crippen molar-refractivity contribution in [1.82, 2.24) is 10.2 Å². The lowest BCUT2D eigenvalue weighted by Gasteiger charge is -2.03. The quantitative estimate of drug-likeness (QED) is 0.532. The smallest absolute Gasteiger partial charge is 0.257 e. The fraction of sp³-hybridized carbons (Fsp3) is 0.167. The maximum Gasteiger partial charge on any atom is 0.257 e. The first-order valence-corrected chi connectivity index (χ1v) is 9.31. The van der Waals surface area contributed by atoms with Crippen molar-refractivity contribution >= 4 is 34.1 Å². The number of benzene rings is 2. The predicted octanol–water partition coefficient (Wildman–Crippen LogP) is 4.70. The second-order valence-electron chi connectivity index (χ2n) is 5.42. The lowest BCUT2D eigenvalue weighted by Crippen LogP contribution is -2.12. The van der Waals surface area contributed by atoms with Crippen LogP contribution in [-0.2, 0) is 5.75 Å². The van der Waals surface area contributed by atoms with Crippen LogP contribution in [0.5, 0.6) is 0 Å². The van der Waals surface area contributed by atoms with Gasteiger partial charge in [-0.15, -0.1) is 10.2 Å². The average molecular weight is 355 g/mol. The SMILES string of the molecule is Cc1cccc(CSc2nnc(NC(=O)c3ccccc3C)s2)c1. The minimum Gasteiger partial charge on any atom is -0.296 e. The second-order valence-corrected chi connectivity index (χ2v) is 7.62. The van der Waals surface area contributed by atoms with Crippen LogP contribution in [0.2, 0.25) is 0 Å². The van der Waals surface area contributed by atoms with E-state index in [1.807, 2.05) is 25.1 Å². The molecule has 0 fully saturated rings. The molecule has 0 radical (unpaired) electrons. The summed E-state index contributed by atoms with van der Waals surface area (Å²) < 4.78 is 0.844. The first kappa shape index (κ1) is 16.7. The highest BCUT2D eigenvalue weighted by Gasteiger charge is 2.12. The van der Waals surface area contributed by atoms with Crippen LogP contribution in [0.4, 0.5) is 5.13 Å². The molecule has 122 valence electrons. The molecule has 1 amide bonds. The third kappa shape index (κ3) is 4.21. The fourth-order valence-electron chi connectivity index (χ4n) is 2.26. The first-order chi connectivity index (χ1) is 11.6. The number of thioether (sulfide) groups is 1. The van der Waals surface area contributed by atoms with E-state index < -0.39 is 0 Å². The van der Waals surface area contributed by atoms with Crippen LogP contribution in [0.25, 0.3) is 0 Å². The van der Waals surface area contributed by atoms with Gasteiger partial charge in [0.2, 0.25) is 5.13 Å². The second kappa shape index (κ2) is 7.59. The number of carbonyl (C=O) groups is 1. The number of rotatable bonds is 5. The van der Waals surface area contributed by atoms with Gasteiger partial charge in [0, 0.05) is 11.3 Å². The molecule has 3 aromatic rings. The number of hydrogen-bond acceptors (Lipinski definition) is 5. The normalized spacial score (nSPS) is 10.6. The summed E-state index contributed by atoms with van der Waals surface area (Å²) in [6, 6.07) is 15.9. The highest BCUT2D eigenvalue weighted by atomic mass is 32.2. The number of anilines is 1. The molecule has 24 heavy (non-hydrogen) atoms. The van der Waals surface area contributed by atoms with Crippen LogP contribution in [0, 0.1) is 13.8 Å². The van der Waals surface area contributed by atoms with Crippen LogP contribution in [0.3, 0.4) is 0 Å². The fourth-order valence-corrected chi connectivity index (χ4v) is 3.95. The monoisotopic (exact) mass is 355 g/mol. The summed E-state index contributed by atoms with van der Waals surface area (Å²) in [7, 11) is 0. The summed E-state index contributed by atoms with van der Waals surface area (Å²) in [4.78, 5) is 12.3. The summed E-state index contributed by atoms with van der Waals surface area (Å²) in [5, 5.41) is 11.5. The summed E-state index contributed by atoms with van der Waals surface area (Å²) in [6.45, 7) is 4.00. The minimum absolute atomic E-state index is 0.153. The van der Waals surface area contributed by atoms with E-state index in [0.717, 1.165) is 15.7 Å².